The van der Waals surface area contributed by atoms with E-state index in [4.69, 9.17) is 4.74 Å². The Morgan fingerprint density at radius 1 is 0.833 bits per heavy atom. The molecule has 192 valence electrons. The first-order chi connectivity index (χ1) is 16.8. The summed E-state index contributed by atoms with van der Waals surface area (Å²) < 4.78 is 98.5. The van der Waals surface area contributed by atoms with E-state index >= 15 is 0 Å². The SMILES string of the molecule is COc1ccc([C@@](Cc2ccccc2)(NC(=O)NCC(F)(F)F)c2cc(F)cc(C(F)(F)F)c2)cc1. The van der Waals surface area contributed by atoms with Gasteiger partial charge in [-0.25, -0.2) is 9.18 Å². The standard InChI is InChI=1S/C25H21F7N2O2/c1-36-21-9-7-17(8-10-21)23(14-16-5-3-2-4-6-16,34-22(35)33-15-24(27,28)29)18-11-19(25(30,31)32)13-20(26)12-18/h2-13H,14-15H2,1H3,(H2,33,34,35)/t23-/m1/s1. The molecule has 4 nitrogen and oxygen atoms in total. The fraction of sp³-hybridized carbons (Fsp3) is 0.240. The summed E-state index contributed by atoms with van der Waals surface area (Å²) in [4.78, 5) is 12.7. The number of methoxy groups -OCH3 is 1. The van der Waals surface area contributed by atoms with Gasteiger partial charge in [0.2, 0.25) is 0 Å². The molecule has 0 aromatic heterocycles. The second-order valence-corrected chi connectivity index (χ2v) is 7.95. The molecule has 0 aliphatic rings. The van der Waals surface area contributed by atoms with Gasteiger partial charge >= 0.3 is 18.4 Å². The van der Waals surface area contributed by atoms with Crippen LogP contribution in [0.1, 0.15) is 22.3 Å². The topological polar surface area (TPSA) is 50.4 Å². The fourth-order valence-electron chi connectivity index (χ4n) is 3.76. The number of carbonyl (C=O) groups excluding carboxylic acids is 1. The molecule has 36 heavy (non-hydrogen) atoms. The van der Waals surface area contributed by atoms with Crippen LogP contribution in [0.4, 0.5) is 35.5 Å². The van der Waals surface area contributed by atoms with Gasteiger partial charge in [0.1, 0.15) is 18.1 Å². The van der Waals surface area contributed by atoms with Crippen molar-refractivity contribution in [3.8, 4) is 5.75 Å². The van der Waals surface area contributed by atoms with E-state index in [-0.39, 0.29) is 17.5 Å². The molecule has 0 saturated heterocycles. The maximum Gasteiger partial charge on any atom is 0.416 e. The first-order valence-corrected chi connectivity index (χ1v) is 10.5. The molecule has 3 aromatic carbocycles. The smallest absolute Gasteiger partial charge is 0.416 e. The normalized spacial score (nSPS) is 13.6. The molecule has 2 amide bonds. The maximum absolute atomic E-state index is 14.5. The van der Waals surface area contributed by atoms with Crippen LogP contribution in [0.25, 0.3) is 0 Å². The Morgan fingerprint density at radius 2 is 1.44 bits per heavy atom. The van der Waals surface area contributed by atoms with Crippen LogP contribution in [0, 0.1) is 5.82 Å². The van der Waals surface area contributed by atoms with E-state index in [2.05, 4.69) is 5.32 Å². The van der Waals surface area contributed by atoms with Crippen LogP contribution >= 0.6 is 0 Å². The Labute approximate surface area is 202 Å². The number of alkyl halides is 6. The number of benzene rings is 3. The molecule has 2 N–H and O–H groups in total. The van der Waals surface area contributed by atoms with E-state index in [9.17, 15) is 35.5 Å². The van der Waals surface area contributed by atoms with E-state index in [1.54, 1.807) is 35.6 Å². The lowest BCUT2D eigenvalue weighted by Crippen LogP contribution is -2.53. The molecule has 0 unspecified atom stereocenters. The lowest BCUT2D eigenvalue weighted by Gasteiger charge is -2.37. The highest BCUT2D eigenvalue weighted by Crippen LogP contribution is 2.38. The third kappa shape index (κ3) is 6.67. The van der Waals surface area contributed by atoms with Crippen LogP contribution in [0.3, 0.4) is 0 Å². The van der Waals surface area contributed by atoms with Gasteiger partial charge in [-0.15, -0.1) is 0 Å². The van der Waals surface area contributed by atoms with Gasteiger partial charge < -0.3 is 15.4 Å². The van der Waals surface area contributed by atoms with Gasteiger partial charge in [0.05, 0.1) is 18.2 Å². The van der Waals surface area contributed by atoms with E-state index in [0.29, 0.717) is 23.4 Å². The number of nitrogens with one attached hydrogen (secondary N) is 2. The third-order valence-corrected chi connectivity index (χ3v) is 5.39. The quantitative estimate of drug-likeness (QED) is 0.369. The molecule has 3 rings (SSSR count). The van der Waals surface area contributed by atoms with Gasteiger partial charge in [-0.05, 0) is 47.0 Å². The van der Waals surface area contributed by atoms with Crippen molar-refractivity contribution in [1.82, 2.24) is 10.6 Å². The molecule has 1 atom stereocenters. The first-order valence-electron chi connectivity index (χ1n) is 10.5. The summed E-state index contributed by atoms with van der Waals surface area (Å²) in [5, 5.41) is 4.07. The Bertz CT molecular complexity index is 1180. The van der Waals surface area contributed by atoms with Crippen molar-refractivity contribution in [2.75, 3.05) is 13.7 Å². The summed E-state index contributed by atoms with van der Waals surface area (Å²) in [7, 11) is 1.39. The Hall–Kier alpha value is -3.76. The minimum atomic E-state index is -4.92. The van der Waals surface area contributed by atoms with Crippen LogP contribution in [-0.2, 0) is 18.1 Å². The molecule has 0 fully saturated rings. The lowest BCUT2D eigenvalue weighted by atomic mass is 9.77. The molecular weight excluding hydrogens is 493 g/mol. The van der Waals surface area contributed by atoms with Crippen LogP contribution in [0.5, 0.6) is 5.75 Å². The van der Waals surface area contributed by atoms with Gasteiger partial charge in [0.15, 0.2) is 0 Å². The van der Waals surface area contributed by atoms with Crippen LogP contribution in [0.2, 0.25) is 0 Å². The van der Waals surface area contributed by atoms with E-state index in [1.807, 2.05) is 0 Å². The minimum absolute atomic E-state index is 0.188. The molecular formula is C25H21F7N2O2. The molecule has 0 bridgehead atoms. The van der Waals surface area contributed by atoms with Crippen LogP contribution in [0.15, 0.2) is 72.8 Å². The maximum atomic E-state index is 14.5. The molecule has 0 aliphatic carbocycles. The number of amides is 2. The van der Waals surface area contributed by atoms with E-state index < -0.39 is 41.8 Å². The minimum Gasteiger partial charge on any atom is -0.497 e. The van der Waals surface area contributed by atoms with Gasteiger partial charge in [-0.2, -0.15) is 26.3 Å². The zero-order valence-corrected chi connectivity index (χ0v) is 18.8. The Kier molecular flexibility index (Phi) is 7.80. The second-order valence-electron chi connectivity index (χ2n) is 7.95. The van der Waals surface area contributed by atoms with Gasteiger partial charge in [-0.1, -0.05) is 42.5 Å². The first kappa shape index (κ1) is 26.8. The Balaban J connectivity index is 2.25. The number of ether oxygens (including phenoxy) is 1. The molecule has 0 heterocycles. The van der Waals surface area contributed by atoms with Crippen molar-refractivity contribution in [1.29, 1.82) is 0 Å². The van der Waals surface area contributed by atoms with Gasteiger partial charge in [-0.3, -0.25) is 0 Å². The van der Waals surface area contributed by atoms with Crippen molar-refractivity contribution >= 4 is 6.03 Å². The van der Waals surface area contributed by atoms with Crippen molar-refractivity contribution in [2.24, 2.45) is 0 Å². The summed E-state index contributed by atoms with van der Waals surface area (Å²) in [6.07, 6.45) is -9.87. The highest BCUT2D eigenvalue weighted by molar-refractivity contribution is 5.76. The summed E-state index contributed by atoms with van der Waals surface area (Å²) in [5.74, 6) is -0.854. The zero-order valence-electron chi connectivity index (χ0n) is 18.8. The molecule has 11 heteroatoms. The van der Waals surface area contributed by atoms with Crippen molar-refractivity contribution in [3.05, 3.63) is 101 Å². The van der Waals surface area contributed by atoms with Crippen LogP contribution in [-0.4, -0.2) is 25.9 Å². The highest BCUT2D eigenvalue weighted by atomic mass is 19.4. The molecule has 0 aliphatic heterocycles. The summed E-state index contributed by atoms with van der Waals surface area (Å²) in [5.41, 5.74) is -2.83. The highest BCUT2D eigenvalue weighted by Gasteiger charge is 2.40. The monoisotopic (exact) mass is 514 g/mol. The second kappa shape index (κ2) is 10.5. The average molecular weight is 514 g/mol. The van der Waals surface area contributed by atoms with Gasteiger partial charge in [0.25, 0.3) is 0 Å². The Morgan fingerprint density at radius 3 is 2.00 bits per heavy atom. The summed E-state index contributed by atoms with van der Waals surface area (Å²) in [6, 6.07) is 14.5. The van der Waals surface area contributed by atoms with E-state index in [1.165, 1.54) is 31.4 Å². The number of rotatable bonds is 7. The zero-order chi connectivity index (χ0) is 26.6. The molecule has 3 aromatic rings. The predicted molar refractivity (Wildman–Crippen MR) is 118 cm³/mol. The van der Waals surface area contributed by atoms with Crippen molar-refractivity contribution in [2.45, 2.75) is 24.3 Å². The number of hydrogen-bond donors (Lipinski definition) is 2. The predicted octanol–water partition coefficient (Wildman–Crippen LogP) is 6.20. The number of halogens is 7. The fourth-order valence-corrected chi connectivity index (χ4v) is 3.76. The largest absolute Gasteiger partial charge is 0.497 e. The number of carbonyl (C=O) groups is 1. The number of urea groups is 1. The van der Waals surface area contributed by atoms with Crippen LogP contribution < -0.4 is 15.4 Å². The average Bonchev–Trinajstić information content (AvgIpc) is 2.81. The lowest BCUT2D eigenvalue weighted by molar-refractivity contribution is -0.137. The summed E-state index contributed by atoms with van der Waals surface area (Å²) >= 11 is 0. The molecule has 0 spiro atoms. The van der Waals surface area contributed by atoms with Gasteiger partial charge in [0, 0.05) is 6.42 Å². The number of hydrogen-bond acceptors (Lipinski definition) is 2. The van der Waals surface area contributed by atoms with Crippen molar-refractivity contribution < 1.29 is 40.3 Å². The van der Waals surface area contributed by atoms with E-state index in [0.717, 1.165) is 6.07 Å². The van der Waals surface area contributed by atoms with Crippen molar-refractivity contribution in [3.63, 3.8) is 0 Å². The third-order valence-electron chi connectivity index (χ3n) is 5.39. The molecule has 0 saturated carbocycles. The molecule has 0 radical (unpaired) electrons. The summed E-state index contributed by atoms with van der Waals surface area (Å²) in [6.45, 7) is -1.68.